The summed E-state index contributed by atoms with van der Waals surface area (Å²) < 4.78 is 39.2. The van der Waals surface area contributed by atoms with Crippen LogP contribution in [0.15, 0.2) is 48.8 Å². The van der Waals surface area contributed by atoms with Crippen molar-refractivity contribution in [3.05, 3.63) is 65.6 Å². The van der Waals surface area contributed by atoms with Crippen LogP contribution in [0.2, 0.25) is 0 Å². The number of nitrogens with zero attached hydrogens (tertiary/aromatic N) is 5. The fraction of sp³-hybridized carbons (Fsp3) is 0.417. The molecule has 0 radical (unpaired) electrons. The van der Waals surface area contributed by atoms with Crippen LogP contribution in [0.3, 0.4) is 0 Å². The van der Waals surface area contributed by atoms with Crippen molar-refractivity contribution in [2.24, 2.45) is 5.41 Å². The molecule has 1 unspecified atom stereocenters. The first-order valence-corrected chi connectivity index (χ1v) is 11.3. The highest BCUT2D eigenvalue weighted by Gasteiger charge is 2.49. The molecule has 1 aromatic carbocycles. The molecule has 7 nitrogen and oxygen atoms in total. The first-order valence-electron chi connectivity index (χ1n) is 11.3. The molecule has 1 saturated carbocycles. The molecule has 1 saturated heterocycles. The van der Waals surface area contributed by atoms with Crippen molar-refractivity contribution in [1.82, 2.24) is 24.9 Å². The number of halogens is 3. The highest BCUT2D eigenvalue weighted by molar-refractivity contribution is 5.98. The number of carbonyl (C=O) groups is 1. The van der Waals surface area contributed by atoms with Crippen LogP contribution in [-0.4, -0.2) is 49.9 Å². The maximum absolute atomic E-state index is 13.8. The summed E-state index contributed by atoms with van der Waals surface area (Å²) in [5.74, 6) is 0.0185. The lowest BCUT2D eigenvalue weighted by atomic mass is 9.87. The van der Waals surface area contributed by atoms with E-state index in [9.17, 15) is 18.0 Å². The molecular weight excluding hydrogens is 445 g/mol. The van der Waals surface area contributed by atoms with E-state index < -0.39 is 11.9 Å². The van der Waals surface area contributed by atoms with Gasteiger partial charge in [-0.15, -0.1) is 0 Å². The van der Waals surface area contributed by atoms with Crippen LogP contribution in [-0.2, 0) is 6.18 Å². The Labute approximate surface area is 195 Å². The summed E-state index contributed by atoms with van der Waals surface area (Å²) in [5.41, 5.74) is 1.34. The first kappa shape index (κ1) is 22.4. The van der Waals surface area contributed by atoms with E-state index in [0.29, 0.717) is 24.3 Å². The van der Waals surface area contributed by atoms with Crippen molar-refractivity contribution in [1.29, 1.82) is 0 Å². The molecule has 0 bridgehead atoms. The lowest BCUT2D eigenvalue weighted by molar-refractivity contribution is -0.141. The van der Waals surface area contributed by atoms with Gasteiger partial charge in [-0.25, -0.2) is 4.98 Å². The van der Waals surface area contributed by atoms with Crippen molar-refractivity contribution in [3.8, 4) is 5.69 Å². The van der Waals surface area contributed by atoms with Gasteiger partial charge in [0.15, 0.2) is 0 Å². The molecular formula is C24H25F3N6O. The van der Waals surface area contributed by atoms with E-state index in [0.717, 1.165) is 37.3 Å². The summed E-state index contributed by atoms with van der Waals surface area (Å²) in [5, 5.41) is 11.4. The van der Waals surface area contributed by atoms with E-state index in [4.69, 9.17) is 0 Å². The van der Waals surface area contributed by atoms with E-state index in [2.05, 4.69) is 20.5 Å². The highest BCUT2D eigenvalue weighted by Crippen LogP contribution is 2.55. The minimum absolute atomic E-state index is 0.129. The van der Waals surface area contributed by atoms with E-state index in [1.807, 2.05) is 30.0 Å². The van der Waals surface area contributed by atoms with Gasteiger partial charge in [-0.2, -0.15) is 28.2 Å². The van der Waals surface area contributed by atoms with Crippen molar-refractivity contribution >= 4 is 11.7 Å². The van der Waals surface area contributed by atoms with Crippen LogP contribution < -0.4 is 5.32 Å². The number of amides is 1. The standard InChI is InChI=1S/C24H25F3N6O/c1-16-5-6-19(33-29-10-11-30-33)18(13-16)22(34)32-12-9-23(7-8-23)14-17(32)15-28-21-4-2-3-20(31-21)24(25,26)27/h2-6,10-11,13,17H,7-9,12,14-15H2,1H3,(H,28,31). The summed E-state index contributed by atoms with van der Waals surface area (Å²) in [4.78, 5) is 20.7. The van der Waals surface area contributed by atoms with Gasteiger partial charge in [0.2, 0.25) is 0 Å². The summed E-state index contributed by atoms with van der Waals surface area (Å²) in [6.45, 7) is 2.84. The number of likely N-dealkylation sites (tertiary alicyclic amines) is 1. The van der Waals surface area contributed by atoms with Gasteiger partial charge in [-0.1, -0.05) is 17.7 Å². The quantitative estimate of drug-likeness (QED) is 0.595. The predicted octanol–water partition coefficient (Wildman–Crippen LogP) is 4.49. The van der Waals surface area contributed by atoms with Gasteiger partial charge in [0.05, 0.1) is 23.6 Å². The molecule has 34 heavy (non-hydrogen) atoms. The third-order valence-corrected chi connectivity index (χ3v) is 6.79. The Morgan fingerprint density at radius 1 is 1.15 bits per heavy atom. The smallest absolute Gasteiger partial charge is 0.368 e. The third-order valence-electron chi connectivity index (χ3n) is 6.79. The molecule has 178 valence electrons. The molecule has 2 aromatic heterocycles. The topological polar surface area (TPSA) is 75.9 Å². The van der Waals surface area contributed by atoms with Gasteiger partial charge in [0.1, 0.15) is 11.5 Å². The fourth-order valence-corrected chi connectivity index (χ4v) is 4.74. The van der Waals surface area contributed by atoms with Gasteiger partial charge in [0.25, 0.3) is 5.91 Å². The lowest BCUT2D eigenvalue weighted by Gasteiger charge is -2.40. The Balaban J connectivity index is 1.40. The maximum Gasteiger partial charge on any atom is 0.433 e. The molecule has 1 aliphatic heterocycles. The number of alkyl halides is 3. The van der Waals surface area contributed by atoms with E-state index in [-0.39, 0.29) is 23.2 Å². The Kier molecular flexibility index (Phi) is 5.53. The molecule has 1 aliphatic carbocycles. The molecule has 1 spiro atoms. The number of benzene rings is 1. The normalized spacial score (nSPS) is 19.3. The Bertz CT molecular complexity index is 1190. The number of hydrogen-bond donors (Lipinski definition) is 1. The van der Waals surface area contributed by atoms with Crippen molar-refractivity contribution in [2.45, 2.75) is 44.8 Å². The number of anilines is 1. The number of hydrogen-bond acceptors (Lipinski definition) is 5. The number of carbonyl (C=O) groups excluding carboxylic acids is 1. The van der Waals surface area contributed by atoms with Crippen LogP contribution in [0.5, 0.6) is 0 Å². The molecule has 2 fully saturated rings. The average molecular weight is 470 g/mol. The Hall–Kier alpha value is -3.43. The van der Waals surface area contributed by atoms with E-state index in [1.165, 1.54) is 16.9 Å². The summed E-state index contributed by atoms with van der Waals surface area (Å²) in [6.07, 6.45) is 2.59. The second kappa shape index (κ2) is 8.41. The zero-order valence-corrected chi connectivity index (χ0v) is 18.7. The van der Waals surface area contributed by atoms with Gasteiger partial charge in [-0.05, 0) is 62.3 Å². The van der Waals surface area contributed by atoms with Gasteiger partial charge in [-0.3, -0.25) is 4.79 Å². The first-order chi connectivity index (χ1) is 16.2. The van der Waals surface area contributed by atoms with Crippen molar-refractivity contribution in [3.63, 3.8) is 0 Å². The van der Waals surface area contributed by atoms with Crippen LogP contribution in [0, 0.1) is 12.3 Å². The van der Waals surface area contributed by atoms with Gasteiger partial charge < -0.3 is 10.2 Å². The van der Waals surface area contributed by atoms with E-state index >= 15 is 0 Å². The molecule has 1 N–H and O–H groups in total. The van der Waals surface area contributed by atoms with Crippen molar-refractivity contribution < 1.29 is 18.0 Å². The lowest BCUT2D eigenvalue weighted by Crippen LogP contribution is -2.50. The van der Waals surface area contributed by atoms with Crippen LogP contribution in [0.4, 0.5) is 19.0 Å². The van der Waals surface area contributed by atoms with Gasteiger partial charge >= 0.3 is 6.18 Å². The van der Waals surface area contributed by atoms with E-state index in [1.54, 1.807) is 12.4 Å². The average Bonchev–Trinajstić information content (AvgIpc) is 3.33. The van der Waals surface area contributed by atoms with Crippen LogP contribution >= 0.6 is 0 Å². The highest BCUT2D eigenvalue weighted by atomic mass is 19.4. The molecule has 2 aliphatic rings. The minimum atomic E-state index is -4.51. The zero-order chi connectivity index (χ0) is 23.9. The number of pyridine rings is 1. The number of piperidine rings is 1. The number of aromatic nitrogens is 4. The zero-order valence-electron chi connectivity index (χ0n) is 18.7. The maximum atomic E-state index is 13.8. The summed E-state index contributed by atoms with van der Waals surface area (Å²) >= 11 is 0. The number of rotatable bonds is 5. The fourth-order valence-electron chi connectivity index (χ4n) is 4.74. The third kappa shape index (κ3) is 4.49. The second-order valence-corrected chi connectivity index (χ2v) is 9.23. The second-order valence-electron chi connectivity index (χ2n) is 9.23. The predicted molar refractivity (Wildman–Crippen MR) is 120 cm³/mol. The van der Waals surface area contributed by atoms with Crippen molar-refractivity contribution in [2.75, 3.05) is 18.4 Å². The van der Waals surface area contributed by atoms with Crippen LogP contribution in [0.1, 0.15) is 47.3 Å². The number of aryl methyl sites for hydroxylation is 1. The Morgan fingerprint density at radius 2 is 1.91 bits per heavy atom. The van der Waals surface area contributed by atoms with Gasteiger partial charge in [0, 0.05) is 19.1 Å². The molecule has 1 amide bonds. The van der Waals surface area contributed by atoms with Crippen LogP contribution in [0.25, 0.3) is 5.69 Å². The molecule has 3 aromatic rings. The largest absolute Gasteiger partial charge is 0.433 e. The molecule has 5 rings (SSSR count). The summed E-state index contributed by atoms with van der Waals surface area (Å²) in [6, 6.07) is 9.20. The minimum Gasteiger partial charge on any atom is -0.368 e. The number of nitrogens with one attached hydrogen (secondary N) is 1. The molecule has 10 heteroatoms. The summed E-state index contributed by atoms with van der Waals surface area (Å²) in [7, 11) is 0. The Morgan fingerprint density at radius 3 is 2.62 bits per heavy atom. The SMILES string of the molecule is Cc1ccc(-n2nccn2)c(C(=O)N2CCC3(CC3)CC2CNc2cccc(C(F)(F)F)n2)c1. The molecule has 1 atom stereocenters. The monoisotopic (exact) mass is 470 g/mol. The molecule has 3 heterocycles.